The second kappa shape index (κ2) is 4.63. The zero-order valence-corrected chi connectivity index (χ0v) is 9.34. The molecule has 0 aliphatic heterocycles. The van der Waals surface area contributed by atoms with E-state index in [2.05, 4.69) is 9.97 Å². The van der Waals surface area contributed by atoms with E-state index in [1.165, 1.54) is 30.5 Å². The third-order valence-electron chi connectivity index (χ3n) is 1.71. The summed E-state index contributed by atoms with van der Waals surface area (Å²) < 4.78 is 18.4. The molecule has 16 heavy (non-hydrogen) atoms. The Hall–Kier alpha value is -1.39. The molecule has 0 aliphatic carbocycles. The molecule has 0 radical (unpaired) electrons. The van der Waals surface area contributed by atoms with Crippen molar-refractivity contribution in [3.8, 4) is 11.6 Å². The average molecular weight is 259 g/mol. The first kappa shape index (κ1) is 11.1. The predicted molar refractivity (Wildman–Crippen MR) is 58.5 cm³/mol. The fourth-order valence-electron chi connectivity index (χ4n) is 1.04. The molecule has 0 aliphatic rings. The molecule has 0 spiro atoms. The maximum Gasteiger partial charge on any atom is 0.225 e. The summed E-state index contributed by atoms with van der Waals surface area (Å²) in [4.78, 5) is 7.49. The van der Waals surface area contributed by atoms with Gasteiger partial charge in [0.25, 0.3) is 0 Å². The van der Waals surface area contributed by atoms with Crippen LogP contribution in [-0.4, -0.2) is 9.97 Å². The number of aromatic nitrogens is 2. The van der Waals surface area contributed by atoms with E-state index >= 15 is 0 Å². The minimum absolute atomic E-state index is 0.0352. The van der Waals surface area contributed by atoms with Crippen molar-refractivity contribution in [1.29, 1.82) is 0 Å². The van der Waals surface area contributed by atoms with Crippen molar-refractivity contribution in [3.05, 3.63) is 46.6 Å². The molecule has 82 valence electrons. The molecule has 3 nitrogen and oxygen atoms in total. The topological polar surface area (TPSA) is 35.0 Å². The van der Waals surface area contributed by atoms with Crippen LogP contribution in [0, 0.1) is 5.82 Å². The molecular weight excluding hydrogens is 254 g/mol. The van der Waals surface area contributed by atoms with Gasteiger partial charge in [-0.15, -0.1) is 0 Å². The SMILES string of the molecule is Fc1cc(Oc2ccnc(Cl)n2)ccc1Cl. The van der Waals surface area contributed by atoms with Crippen LogP contribution in [0.5, 0.6) is 11.6 Å². The maximum atomic E-state index is 13.1. The molecular formula is C10H5Cl2FN2O. The van der Waals surface area contributed by atoms with Gasteiger partial charge in [0.15, 0.2) is 0 Å². The zero-order chi connectivity index (χ0) is 11.5. The summed E-state index contributed by atoms with van der Waals surface area (Å²) in [5, 5.41) is 0.0972. The first-order valence-corrected chi connectivity index (χ1v) is 5.02. The zero-order valence-electron chi connectivity index (χ0n) is 7.82. The largest absolute Gasteiger partial charge is 0.439 e. The lowest BCUT2D eigenvalue weighted by molar-refractivity contribution is 0.457. The van der Waals surface area contributed by atoms with Crippen molar-refractivity contribution in [2.75, 3.05) is 0 Å². The molecule has 0 saturated heterocycles. The second-order valence-electron chi connectivity index (χ2n) is 2.84. The third kappa shape index (κ3) is 2.59. The average Bonchev–Trinajstić information content (AvgIpc) is 2.24. The van der Waals surface area contributed by atoms with E-state index in [1.807, 2.05) is 0 Å². The molecule has 0 fully saturated rings. The van der Waals surface area contributed by atoms with Gasteiger partial charge in [-0.1, -0.05) is 11.6 Å². The van der Waals surface area contributed by atoms with Crippen LogP contribution in [0.2, 0.25) is 10.3 Å². The fourth-order valence-corrected chi connectivity index (χ4v) is 1.29. The standard InChI is InChI=1S/C10H5Cl2FN2O/c11-7-2-1-6(5-8(7)13)16-9-3-4-14-10(12)15-9/h1-5H. The molecule has 6 heteroatoms. The van der Waals surface area contributed by atoms with Gasteiger partial charge in [0.1, 0.15) is 11.6 Å². The lowest BCUT2D eigenvalue weighted by Gasteiger charge is -2.04. The Balaban J connectivity index is 2.24. The Morgan fingerprint density at radius 1 is 1.19 bits per heavy atom. The highest BCUT2D eigenvalue weighted by Crippen LogP contribution is 2.24. The van der Waals surface area contributed by atoms with Gasteiger partial charge in [-0.25, -0.2) is 9.37 Å². The first-order chi connectivity index (χ1) is 7.65. The highest BCUT2D eigenvalue weighted by Gasteiger charge is 2.04. The van der Waals surface area contributed by atoms with Crippen molar-refractivity contribution < 1.29 is 9.13 Å². The number of rotatable bonds is 2. The van der Waals surface area contributed by atoms with Crippen LogP contribution in [0.1, 0.15) is 0 Å². The first-order valence-electron chi connectivity index (χ1n) is 4.26. The molecule has 1 heterocycles. The molecule has 0 atom stereocenters. The van der Waals surface area contributed by atoms with Crippen LogP contribution in [0.3, 0.4) is 0 Å². The molecule has 1 aromatic heterocycles. The highest BCUT2D eigenvalue weighted by molar-refractivity contribution is 6.30. The summed E-state index contributed by atoms with van der Waals surface area (Å²) in [5.41, 5.74) is 0. The van der Waals surface area contributed by atoms with Crippen LogP contribution in [0.15, 0.2) is 30.5 Å². The van der Waals surface area contributed by atoms with E-state index in [-0.39, 0.29) is 21.9 Å². The number of halogens is 3. The summed E-state index contributed by atoms with van der Waals surface area (Å²) in [6.07, 6.45) is 1.44. The van der Waals surface area contributed by atoms with Crippen molar-refractivity contribution >= 4 is 23.2 Å². The van der Waals surface area contributed by atoms with Crippen molar-refractivity contribution in [2.45, 2.75) is 0 Å². The van der Waals surface area contributed by atoms with Gasteiger partial charge >= 0.3 is 0 Å². The molecule has 2 rings (SSSR count). The van der Waals surface area contributed by atoms with E-state index in [9.17, 15) is 4.39 Å². The van der Waals surface area contributed by atoms with Crippen LogP contribution < -0.4 is 4.74 Å². The van der Waals surface area contributed by atoms with Gasteiger partial charge < -0.3 is 4.74 Å². The Morgan fingerprint density at radius 3 is 2.69 bits per heavy atom. The summed E-state index contributed by atoms with van der Waals surface area (Å²) >= 11 is 11.1. The maximum absolute atomic E-state index is 13.1. The Morgan fingerprint density at radius 2 is 2.00 bits per heavy atom. The molecule has 1 aromatic carbocycles. The van der Waals surface area contributed by atoms with Gasteiger partial charge in [0.05, 0.1) is 5.02 Å². The molecule has 0 bridgehead atoms. The van der Waals surface area contributed by atoms with E-state index in [0.29, 0.717) is 0 Å². The van der Waals surface area contributed by atoms with Gasteiger partial charge in [-0.05, 0) is 23.7 Å². The molecule has 0 saturated carbocycles. The smallest absolute Gasteiger partial charge is 0.225 e. The second-order valence-corrected chi connectivity index (χ2v) is 3.59. The van der Waals surface area contributed by atoms with Crippen molar-refractivity contribution in [2.24, 2.45) is 0 Å². The van der Waals surface area contributed by atoms with Crippen molar-refractivity contribution in [3.63, 3.8) is 0 Å². The summed E-state index contributed by atoms with van der Waals surface area (Å²) in [7, 11) is 0. The van der Waals surface area contributed by atoms with E-state index < -0.39 is 5.82 Å². The van der Waals surface area contributed by atoms with Crippen LogP contribution >= 0.6 is 23.2 Å². The van der Waals surface area contributed by atoms with Gasteiger partial charge in [0.2, 0.25) is 11.2 Å². The summed E-state index contributed by atoms with van der Waals surface area (Å²) in [6, 6.07) is 5.60. The minimum Gasteiger partial charge on any atom is -0.439 e. The van der Waals surface area contributed by atoms with Crippen LogP contribution in [0.4, 0.5) is 4.39 Å². The molecule has 2 aromatic rings. The number of nitrogens with zero attached hydrogens (tertiary/aromatic N) is 2. The quantitative estimate of drug-likeness (QED) is 0.771. The monoisotopic (exact) mass is 258 g/mol. The van der Waals surface area contributed by atoms with Gasteiger partial charge in [-0.2, -0.15) is 4.98 Å². The van der Waals surface area contributed by atoms with Crippen LogP contribution in [0.25, 0.3) is 0 Å². The predicted octanol–water partition coefficient (Wildman–Crippen LogP) is 3.71. The molecule has 0 N–H and O–H groups in total. The van der Waals surface area contributed by atoms with Crippen molar-refractivity contribution in [1.82, 2.24) is 9.97 Å². The number of hydrogen-bond donors (Lipinski definition) is 0. The highest BCUT2D eigenvalue weighted by atomic mass is 35.5. The van der Waals surface area contributed by atoms with E-state index in [1.54, 1.807) is 0 Å². The third-order valence-corrected chi connectivity index (χ3v) is 2.20. The lowest BCUT2D eigenvalue weighted by atomic mass is 10.3. The number of hydrogen-bond acceptors (Lipinski definition) is 3. The number of benzene rings is 1. The van der Waals surface area contributed by atoms with Gasteiger partial charge in [-0.3, -0.25) is 0 Å². The Kier molecular flexibility index (Phi) is 3.22. The molecule has 0 amide bonds. The van der Waals surface area contributed by atoms with Crippen LogP contribution in [-0.2, 0) is 0 Å². The Bertz CT molecular complexity index is 522. The number of ether oxygens (including phenoxy) is 1. The fraction of sp³-hybridized carbons (Fsp3) is 0. The Labute approximate surface area is 101 Å². The lowest BCUT2D eigenvalue weighted by Crippen LogP contribution is -1.90. The summed E-state index contributed by atoms with van der Waals surface area (Å²) in [6.45, 7) is 0. The van der Waals surface area contributed by atoms with E-state index in [0.717, 1.165) is 0 Å². The van der Waals surface area contributed by atoms with Gasteiger partial charge in [0, 0.05) is 18.3 Å². The summed E-state index contributed by atoms with van der Waals surface area (Å²) in [5.74, 6) is -0.0299. The minimum atomic E-state index is -0.556. The van der Waals surface area contributed by atoms with E-state index in [4.69, 9.17) is 27.9 Å². The molecule has 0 unspecified atom stereocenters. The normalized spacial score (nSPS) is 10.2.